The molecule has 0 aliphatic heterocycles. The summed E-state index contributed by atoms with van der Waals surface area (Å²) >= 11 is 0. The van der Waals surface area contributed by atoms with Crippen molar-refractivity contribution < 1.29 is 5.11 Å². The highest BCUT2D eigenvalue weighted by Gasteiger charge is 2.33. The molecule has 0 amide bonds. The molecule has 0 bridgehead atoms. The third kappa shape index (κ3) is 4.00. The molecule has 1 aromatic rings. The molecule has 106 valence electrons. The summed E-state index contributed by atoms with van der Waals surface area (Å²) in [5.74, 6) is 0. The van der Waals surface area contributed by atoms with Crippen LogP contribution >= 0.6 is 0 Å². The van der Waals surface area contributed by atoms with Gasteiger partial charge in [0.25, 0.3) is 0 Å². The Morgan fingerprint density at radius 2 is 2.21 bits per heavy atom. The Labute approximate surface area is 115 Å². The summed E-state index contributed by atoms with van der Waals surface area (Å²) in [6.07, 6.45) is 7.63. The maximum absolute atomic E-state index is 10.4. The van der Waals surface area contributed by atoms with E-state index in [1.807, 2.05) is 25.5 Å². The van der Waals surface area contributed by atoms with Crippen molar-refractivity contribution in [1.29, 1.82) is 0 Å². The van der Waals surface area contributed by atoms with E-state index in [2.05, 4.69) is 28.3 Å². The van der Waals surface area contributed by atoms with Crippen molar-refractivity contribution in [1.82, 2.24) is 15.2 Å². The highest BCUT2D eigenvalue weighted by atomic mass is 16.3. The SMILES string of the molecule is CNCC1(O)CCC(N(C)Cc2cccnc2)CC1. The van der Waals surface area contributed by atoms with Gasteiger partial charge in [-0.3, -0.25) is 9.88 Å². The average Bonchev–Trinajstić information content (AvgIpc) is 2.40. The zero-order valence-electron chi connectivity index (χ0n) is 12.0. The van der Waals surface area contributed by atoms with Gasteiger partial charge < -0.3 is 10.4 Å². The Balaban J connectivity index is 1.84. The molecule has 1 heterocycles. The fraction of sp³-hybridized carbons (Fsp3) is 0.667. The molecule has 1 aliphatic carbocycles. The highest BCUT2D eigenvalue weighted by molar-refractivity contribution is 5.08. The summed E-state index contributed by atoms with van der Waals surface area (Å²) in [7, 11) is 4.07. The molecule has 0 spiro atoms. The number of rotatable bonds is 5. The zero-order valence-corrected chi connectivity index (χ0v) is 12.0. The summed E-state index contributed by atoms with van der Waals surface area (Å²) < 4.78 is 0. The van der Waals surface area contributed by atoms with Crippen LogP contribution < -0.4 is 5.32 Å². The van der Waals surface area contributed by atoms with Crippen molar-refractivity contribution >= 4 is 0 Å². The summed E-state index contributed by atoms with van der Waals surface area (Å²) in [5.41, 5.74) is 0.751. The topological polar surface area (TPSA) is 48.4 Å². The lowest BCUT2D eigenvalue weighted by Gasteiger charge is -2.39. The van der Waals surface area contributed by atoms with Crippen molar-refractivity contribution in [3.05, 3.63) is 30.1 Å². The Morgan fingerprint density at radius 1 is 1.47 bits per heavy atom. The predicted molar refractivity (Wildman–Crippen MR) is 76.8 cm³/mol. The first-order valence-corrected chi connectivity index (χ1v) is 7.09. The quantitative estimate of drug-likeness (QED) is 0.843. The van der Waals surface area contributed by atoms with E-state index < -0.39 is 5.60 Å². The largest absolute Gasteiger partial charge is 0.389 e. The second-order valence-corrected chi connectivity index (χ2v) is 5.76. The van der Waals surface area contributed by atoms with Crippen molar-refractivity contribution in [2.45, 2.75) is 43.9 Å². The van der Waals surface area contributed by atoms with Gasteiger partial charge in [-0.25, -0.2) is 0 Å². The van der Waals surface area contributed by atoms with E-state index >= 15 is 0 Å². The molecule has 0 saturated heterocycles. The van der Waals surface area contributed by atoms with Gasteiger partial charge >= 0.3 is 0 Å². The van der Waals surface area contributed by atoms with Crippen LogP contribution in [0.4, 0.5) is 0 Å². The van der Waals surface area contributed by atoms with E-state index in [0.29, 0.717) is 12.6 Å². The normalized spacial score (nSPS) is 27.7. The van der Waals surface area contributed by atoms with E-state index in [9.17, 15) is 5.11 Å². The van der Waals surface area contributed by atoms with Crippen LogP contribution in [0.3, 0.4) is 0 Å². The lowest BCUT2D eigenvalue weighted by molar-refractivity contribution is -0.0155. The molecule has 0 atom stereocenters. The van der Waals surface area contributed by atoms with Gasteiger partial charge in [0.1, 0.15) is 0 Å². The lowest BCUT2D eigenvalue weighted by atomic mass is 9.81. The minimum absolute atomic E-state index is 0.500. The number of nitrogens with one attached hydrogen (secondary N) is 1. The number of pyridine rings is 1. The maximum Gasteiger partial charge on any atom is 0.0772 e. The zero-order chi connectivity index (χ0) is 13.7. The standard InChI is InChI=1S/C15H25N3O/c1-16-12-15(19)7-5-14(6-8-15)18(2)11-13-4-3-9-17-10-13/h3-4,9-10,14,16,19H,5-8,11-12H2,1-2H3. The average molecular weight is 263 g/mol. The molecule has 0 radical (unpaired) electrons. The second-order valence-electron chi connectivity index (χ2n) is 5.76. The number of aliphatic hydroxyl groups is 1. The fourth-order valence-corrected chi connectivity index (χ4v) is 3.00. The van der Waals surface area contributed by atoms with E-state index in [-0.39, 0.29) is 0 Å². The van der Waals surface area contributed by atoms with E-state index in [1.165, 1.54) is 5.56 Å². The van der Waals surface area contributed by atoms with Crippen LogP contribution in [0.2, 0.25) is 0 Å². The van der Waals surface area contributed by atoms with Crippen molar-refractivity contribution in [2.75, 3.05) is 20.6 Å². The monoisotopic (exact) mass is 263 g/mol. The van der Waals surface area contributed by atoms with E-state index in [4.69, 9.17) is 0 Å². The lowest BCUT2D eigenvalue weighted by Crippen LogP contribution is -2.46. The fourth-order valence-electron chi connectivity index (χ4n) is 3.00. The molecule has 2 N–H and O–H groups in total. The first kappa shape index (κ1) is 14.4. The first-order chi connectivity index (χ1) is 9.13. The number of aromatic nitrogens is 1. The second kappa shape index (κ2) is 6.46. The third-order valence-electron chi connectivity index (χ3n) is 4.17. The van der Waals surface area contributed by atoms with Gasteiger partial charge in [-0.15, -0.1) is 0 Å². The smallest absolute Gasteiger partial charge is 0.0772 e. The third-order valence-corrected chi connectivity index (χ3v) is 4.17. The molecule has 1 aliphatic rings. The molecule has 0 unspecified atom stereocenters. The van der Waals surface area contributed by atoms with Gasteiger partial charge in [-0.05, 0) is 51.4 Å². The molecule has 1 aromatic heterocycles. The van der Waals surface area contributed by atoms with Crippen molar-refractivity contribution in [3.63, 3.8) is 0 Å². The molecular weight excluding hydrogens is 238 g/mol. The molecule has 1 saturated carbocycles. The van der Waals surface area contributed by atoms with Gasteiger partial charge in [-0.2, -0.15) is 0 Å². The molecule has 4 nitrogen and oxygen atoms in total. The van der Waals surface area contributed by atoms with Crippen LogP contribution in [0.1, 0.15) is 31.2 Å². The minimum atomic E-state index is -0.500. The predicted octanol–water partition coefficient (Wildman–Crippen LogP) is 1.41. The summed E-state index contributed by atoms with van der Waals surface area (Å²) in [5, 5.41) is 13.5. The van der Waals surface area contributed by atoms with Gasteiger partial charge in [0.05, 0.1) is 5.60 Å². The Bertz CT molecular complexity index is 374. The molecule has 1 fully saturated rings. The molecular formula is C15H25N3O. The summed E-state index contributed by atoms with van der Waals surface area (Å²) in [6, 6.07) is 4.66. The minimum Gasteiger partial charge on any atom is -0.389 e. The molecule has 2 rings (SSSR count). The molecule has 19 heavy (non-hydrogen) atoms. The van der Waals surface area contributed by atoms with Crippen LogP contribution in [-0.4, -0.2) is 47.3 Å². The molecule has 4 heteroatoms. The van der Waals surface area contributed by atoms with Crippen LogP contribution in [0, 0.1) is 0 Å². The van der Waals surface area contributed by atoms with Crippen LogP contribution in [0.5, 0.6) is 0 Å². The molecule has 0 aromatic carbocycles. The Hall–Kier alpha value is -0.970. The number of hydrogen-bond donors (Lipinski definition) is 2. The van der Waals surface area contributed by atoms with Crippen LogP contribution in [-0.2, 0) is 6.54 Å². The summed E-state index contributed by atoms with van der Waals surface area (Å²) in [4.78, 5) is 6.54. The van der Waals surface area contributed by atoms with E-state index in [0.717, 1.165) is 32.2 Å². The summed E-state index contributed by atoms with van der Waals surface area (Å²) in [6.45, 7) is 1.63. The van der Waals surface area contributed by atoms with Crippen LogP contribution in [0.15, 0.2) is 24.5 Å². The van der Waals surface area contributed by atoms with Crippen molar-refractivity contribution in [3.8, 4) is 0 Å². The first-order valence-electron chi connectivity index (χ1n) is 7.09. The number of nitrogens with zero attached hydrogens (tertiary/aromatic N) is 2. The van der Waals surface area contributed by atoms with Gasteiger partial charge in [0.2, 0.25) is 0 Å². The maximum atomic E-state index is 10.4. The van der Waals surface area contributed by atoms with Crippen molar-refractivity contribution in [2.24, 2.45) is 0 Å². The van der Waals surface area contributed by atoms with Crippen LogP contribution in [0.25, 0.3) is 0 Å². The number of likely N-dealkylation sites (N-methyl/N-ethyl adjacent to an activating group) is 1. The van der Waals surface area contributed by atoms with Gasteiger partial charge in [0, 0.05) is 31.5 Å². The highest BCUT2D eigenvalue weighted by Crippen LogP contribution is 2.30. The van der Waals surface area contributed by atoms with Gasteiger partial charge in [-0.1, -0.05) is 6.07 Å². The Kier molecular flexibility index (Phi) is 4.91. The van der Waals surface area contributed by atoms with E-state index in [1.54, 1.807) is 0 Å². The van der Waals surface area contributed by atoms with Gasteiger partial charge in [0.15, 0.2) is 0 Å². The number of hydrogen-bond acceptors (Lipinski definition) is 4. The Morgan fingerprint density at radius 3 is 2.79 bits per heavy atom.